The highest BCUT2D eigenvalue weighted by Crippen LogP contribution is 2.24. The minimum Gasteiger partial charge on any atom is -0.379 e. The molecule has 0 amide bonds. The average Bonchev–Trinajstić information content (AvgIpc) is 2.63. The second kappa shape index (κ2) is 5.53. The molecule has 0 aliphatic carbocycles. The molecule has 2 nitrogen and oxygen atoms in total. The van der Waals surface area contributed by atoms with Crippen LogP contribution in [0.2, 0.25) is 9.49 Å². The summed E-state index contributed by atoms with van der Waals surface area (Å²) in [6.07, 6.45) is 1.78. The molecule has 0 unspecified atom stereocenters. The maximum Gasteiger partial charge on any atom is 0.183 e. The van der Waals surface area contributed by atoms with Crippen LogP contribution in [0.25, 0.3) is 0 Å². The summed E-state index contributed by atoms with van der Waals surface area (Å²) in [6, 6.07) is 5.75. The molecule has 0 saturated carbocycles. The Morgan fingerprint density at radius 1 is 1.38 bits per heavy atom. The van der Waals surface area contributed by atoms with Crippen LogP contribution in [-0.4, -0.2) is 4.98 Å². The number of nitrogens with zero attached hydrogens (tertiary/aromatic N) is 1. The van der Waals surface area contributed by atoms with Crippen LogP contribution in [0.4, 0.5) is 5.69 Å². The van der Waals surface area contributed by atoms with Crippen molar-refractivity contribution in [2.45, 2.75) is 6.54 Å². The van der Waals surface area contributed by atoms with E-state index in [1.807, 2.05) is 18.2 Å². The summed E-state index contributed by atoms with van der Waals surface area (Å²) in [7, 11) is 0. The van der Waals surface area contributed by atoms with Gasteiger partial charge >= 0.3 is 0 Å². The van der Waals surface area contributed by atoms with E-state index in [1.165, 1.54) is 11.3 Å². The molecule has 1 aromatic carbocycles. The zero-order valence-corrected chi connectivity index (χ0v) is 12.5. The van der Waals surface area contributed by atoms with Gasteiger partial charge in [0.05, 0.1) is 6.54 Å². The number of thiazole rings is 1. The molecule has 1 N–H and O–H groups in total. The van der Waals surface area contributed by atoms with Crippen molar-refractivity contribution in [3.63, 3.8) is 0 Å². The molecule has 0 spiro atoms. The van der Waals surface area contributed by atoms with Gasteiger partial charge in [0, 0.05) is 25.4 Å². The average molecular weight is 385 g/mol. The maximum atomic E-state index is 5.88. The highest BCUT2D eigenvalue weighted by molar-refractivity contribution is 14.1. The van der Waals surface area contributed by atoms with Crippen LogP contribution in [-0.2, 0) is 6.54 Å². The van der Waals surface area contributed by atoms with Crippen molar-refractivity contribution < 1.29 is 0 Å². The number of nitrogens with one attached hydrogen (secondary N) is 1. The van der Waals surface area contributed by atoms with Gasteiger partial charge in [-0.25, -0.2) is 4.98 Å². The Kier molecular flexibility index (Phi) is 4.29. The van der Waals surface area contributed by atoms with Crippen LogP contribution in [0.15, 0.2) is 24.4 Å². The molecule has 0 fully saturated rings. The van der Waals surface area contributed by atoms with Crippen molar-refractivity contribution >= 4 is 62.8 Å². The van der Waals surface area contributed by atoms with Crippen molar-refractivity contribution in [3.05, 3.63) is 42.3 Å². The third-order valence-electron chi connectivity index (χ3n) is 1.91. The molecule has 1 aromatic heterocycles. The van der Waals surface area contributed by atoms with E-state index >= 15 is 0 Å². The fraction of sp³-hybridized carbons (Fsp3) is 0.100. The first-order valence-electron chi connectivity index (χ1n) is 4.44. The molecule has 0 bridgehead atoms. The van der Waals surface area contributed by atoms with Crippen molar-refractivity contribution in [1.82, 2.24) is 4.98 Å². The molecule has 16 heavy (non-hydrogen) atoms. The van der Waals surface area contributed by atoms with Crippen molar-refractivity contribution in [2.75, 3.05) is 5.32 Å². The highest BCUT2D eigenvalue weighted by atomic mass is 127. The molecule has 0 atom stereocenters. The highest BCUT2D eigenvalue weighted by Gasteiger charge is 2.02. The smallest absolute Gasteiger partial charge is 0.183 e. The van der Waals surface area contributed by atoms with Gasteiger partial charge in [-0.1, -0.05) is 23.2 Å². The van der Waals surface area contributed by atoms with E-state index in [2.05, 4.69) is 32.9 Å². The summed E-state index contributed by atoms with van der Waals surface area (Å²) in [5.74, 6) is 0. The Balaban J connectivity index is 2.04. The zero-order valence-electron chi connectivity index (χ0n) is 8.01. The topological polar surface area (TPSA) is 24.9 Å². The fourth-order valence-electron chi connectivity index (χ4n) is 1.18. The van der Waals surface area contributed by atoms with Gasteiger partial charge in [0.25, 0.3) is 0 Å². The largest absolute Gasteiger partial charge is 0.379 e. The molecule has 0 saturated heterocycles. The molecule has 0 aliphatic rings. The summed E-state index contributed by atoms with van der Waals surface area (Å²) < 4.78 is 1.67. The Morgan fingerprint density at radius 3 is 2.81 bits per heavy atom. The van der Waals surface area contributed by atoms with E-state index in [1.54, 1.807) is 6.20 Å². The zero-order chi connectivity index (χ0) is 11.5. The Morgan fingerprint density at radius 2 is 2.19 bits per heavy atom. The predicted octanol–water partition coefficient (Wildman–Crippen LogP) is 4.67. The number of rotatable bonds is 3. The summed E-state index contributed by atoms with van der Waals surface area (Å²) in [5, 5.41) is 4.06. The lowest BCUT2D eigenvalue weighted by Gasteiger charge is -2.07. The van der Waals surface area contributed by atoms with Gasteiger partial charge < -0.3 is 5.32 Å². The maximum absolute atomic E-state index is 5.88. The van der Waals surface area contributed by atoms with Crippen molar-refractivity contribution in [2.24, 2.45) is 0 Å². The van der Waals surface area contributed by atoms with E-state index in [0.717, 1.165) is 25.7 Å². The third kappa shape index (κ3) is 3.23. The molecule has 2 rings (SSSR count). The van der Waals surface area contributed by atoms with Crippen LogP contribution in [0.1, 0.15) is 4.88 Å². The second-order valence-electron chi connectivity index (χ2n) is 3.06. The van der Waals surface area contributed by atoms with Gasteiger partial charge in [0.1, 0.15) is 0 Å². The summed E-state index contributed by atoms with van der Waals surface area (Å²) in [4.78, 5) is 5.09. The minimum absolute atomic E-state index is 0.572. The van der Waals surface area contributed by atoms with E-state index in [9.17, 15) is 0 Å². The first-order valence-corrected chi connectivity index (χ1v) is 7.09. The molecule has 84 valence electrons. The van der Waals surface area contributed by atoms with Gasteiger partial charge in [-0.2, -0.15) is 0 Å². The summed E-state index contributed by atoms with van der Waals surface area (Å²) in [5.41, 5.74) is 1.06. The lowest BCUT2D eigenvalue weighted by atomic mass is 10.3. The normalized spacial score (nSPS) is 10.4. The minimum atomic E-state index is 0.572. The number of anilines is 1. The molecular weight excluding hydrogens is 378 g/mol. The molecule has 6 heteroatoms. The van der Waals surface area contributed by atoms with Gasteiger partial charge in [0.2, 0.25) is 0 Å². The standard InChI is InChI=1S/C10H7Cl2IN2S/c11-6-1-2-9(8(13)3-6)14-4-7-5-15-10(12)16-7/h1-3,5,14H,4H2. The first kappa shape index (κ1) is 12.4. The van der Waals surface area contributed by atoms with Crippen LogP contribution in [0.3, 0.4) is 0 Å². The van der Waals surface area contributed by atoms with Gasteiger partial charge in [-0.15, -0.1) is 11.3 Å². The van der Waals surface area contributed by atoms with Crippen molar-refractivity contribution in [3.8, 4) is 0 Å². The molecular formula is C10H7Cl2IN2S. The van der Waals surface area contributed by atoms with Crippen LogP contribution in [0.5, 0.6) is 0 Å². The number of benzene rings is 1. The van der Waals surface area contributed by atoms with E-state index in [0.29, 0.717) is 4.47 Å². The fourth-order valence-corrected chi connectivity index (χ4v) is 3.16. The van der Waals surface area contributed by atoms with Gasteiger partial charge in [0.15, 0.2) is 4.47 Å². The van der Waals surface area contributed by atoms with E-state index in [4.69, 9.17) is 23.2 Å². The Labute approximate surface area is 121 Å². The first-order chi connectivity index (χ1) is 7.65. The monoisotopic (exact) mass is 384 g/mol. The van der Waals surface area contributed by atoms with Crippen LogP contribution < -0.4 is 5.32 Å². The van der Waals surface area contributed by atoms with E-state index in [-0.39, 0.29) is 0 Å². The van der Waals surface area contributed by atoms with Crippen molar-refractivity contribution in [1.29, 1.82) is 0 Å². The number of halogens is 3. The quantitative estimate of drug-likeness (QED) is 0.778. The lowest BCUT2D eigenvalue weighted by molar-refractivity contribution is 1.17. The molecule has 0 aliphatic heterocycles. The lowest BCUT2D eigenvalue weighted by Crippen LogP contribution is -1.99. The predicted molar refractivity (Wildman–Crippen MR) is 78.6 cm³/mol. The van der Waals surface area contributed by atoms with Gasteiger partial charge in [-0.05, 0) is 40.8 Å². The number of hydrogen-bond donors (Lipinski definition) is 1. The molecule has 0 radical (unpaired) electrons. The molecule has 2 aromatic rings. The summed E-state index contributed by atoms with van der Waals surface area (Å²) in [6.45, 7) is 0.724. The van der Waals surface area contributed by atoms with Crippen LogP contribution >= 0.6 is 57.1 Å². The Bertz CT molecular complexity index is 501. The number of aromatic nitrogens is 1. The van der Waals surface area contributed by atoms with Gasteiger partial charge in [-0.3, -0.25) is 0 Å². The summed E-state index contributed by atoms with van der Waals surface area (Å²) >= 11 is 15.4. The van der Waals surface area contributed by atoms with Crippen LogP contribution in [0, 0.1) is 3.57 Å². The second-order valence-corrected chi connectivity index (χ2v) is 6.35. The SMILES string of the molecule is Clc1ccc(NCc2cnc(Cl)s2)c(I)c1. The third-order valence-corrected chi connectivity index (χ3v) is 4.15. The number of hydrogen-bond acceptors (Lipinski definition) is 3. The molecule has 1 heterocycles. The Hall–Kier alpha value is -0.0400. The van der Waals surface area contributed by atoms with E-state index < -0.39 is 0 Å².